The zero-order valence-electron chi connectivity index (χ0n) is 18.4. The molecule has 1 N–H and O–H groups in total. The second-order valence-electron chi connectivity index (χ2n) is 8.80. The highest BCUT2D eigenvalue weighted by Crippen LogP contribution is 2.31. The van der Waals surface area contributed by atoms with E-state index in [1.54, 1.807) is 6.20 Å². The molecule has 7 nitrogen and oxygen atoms in total. The number of nitrogens with one attached hydrogen (secondary N) is 1. The molecule has 1 aromatic carbocycles. The van der Waals surface area contributed by atoms with E-state index in [0.717, 1.165) is 31.4 Å². The van der Waals surface area contributed by atoms with Gasteiger partial charge in [-0.2, -0.15) is 5.10 Å². The zero-order valence-corrected chi connectivity index (χ0v) is 18.4. The Balaban J connectivity index is 1.35. The van der Waals surface area contributed by atoms with Gasteiger partial charge in [0.15, 0.2) is 6.61 Å². The van der Waals surface area contributed by atoms with Crippen molar-refractivity contribution < 1.29 is 14.3 Å². The van der Waals surface area contributed by atoms with Crippen LogP contribution in [0.2, 0.25) is 0 Å². The minimum absolute atomic E-state index is 0.000759. The number of hydrogen-bond donors (Lipinski definition) is 1. The number of aromatic amines is 1. The van der Waals surface area contributed by atoms with Gasteiger partial charge in [-0.3, -0.25) is 14.7 Å². The predicted octanol–water partition coefficient (Wildman–Crippen LogP) is 3.60. The van der Waals surface area contributed by atoms with Crippen LogP contribution in [-0.4, -0.2) is 63.6 Å². The summed E-state index contributed by atoms with van der Waals surface area (Å²) in [6.45, 7) is 5.63. The molecule has 7 heteroatoms. The van der Waals surface area contributed by atoms with Crippen LogP contribution in [0.3, 0.4) is 0 Å². The van der Waals surface area contributed by atoms with Gasteiger partial charge in [0, 0.05) is 31.1 Å². The third-order valence-corrected chi connectivity index (χ3v) is 6.69. The minimum atomic E-state index is -0.000759. The number of carbonyl (C=O) groups is 2. The molecule has 0 radical (unpaired) electrons. The third kappa shape index (κ3) is 4.75. The van der Waals surface area contributed by atoms with Crippen molar-refractivity contribution in [3.05, 3.63) is 47.8 Å². The van der Waals surface area contributed by atoms with Crippen LogP contribution in [0.5, 0.6) is 5.75 Å². The summed E-state index contributed by atoms with van der Waals surface area (Å²) in [6, 6.07) is 9.90. The molecule has 2 saturated heterocycles. The van der Waals surface area contributed by atoms with Gasteiger partial charge in [-0.15, -0.1) is 0 Å². The topological polar surface area (TPSA) is 78.5 Å². The van der Waals surface area contributed by atoms with Crippen molar-refractivity contribution in [2.75, 3.05) is 19.7 Å². The number of hydrogen-bond acceptors (Lipinski definition) is 4. The van der Waals surface area contributed by atoms with Crippen LogP contribution >= 0.6 is 0 Å². The molecular formula is C24H32N4O3. The second kappa shape index (κ2) is 9.54. The molecule has 1 aromatic heterocycles. The summed E-state index contributed by atoms with van der Waals surface area (Å²) < 4.78 is 5.60. The number of amides is 2. The number of benzene rings is 1. The monoisotopic (exact) mass is 424 g/mol. The Bertz CT molecular complexity index is 879. The first-order valence-corrected chi connectivity index (χ1v) is 11.4. The summed E-state index contributed by atoms with van der Waals surface area (Å²) >= 11 is 0. The number of para-hydroxylation sites is 1. The number of H-pyrrole nitrogens is 1. The van der Waals surface area contributed by atoms with Crippen LogP contribution in [0.15, 0.2) is 36.5 Å². The lowest BCUT2D eigenvalue weighted by Crippen LogP contribution is -2.47. The molecule has 2 amide bonds. The van der Waals surface area contributed by atoms with E-state index in [0.29, 0.717) is 24.4 Å². The molecule has 31 heavy (non-hydrogen) atoms. The quantitative estimate of drug-likeness (QED) is 0.796. The molecule has 166 valence electrons. The van der Waals surface area contributed by atoms with E-state index in [1.807, 2.05) is 40.1 Å². The highest BCUT2D eigenvalue weighted by molar-refractivity contribution is 5.95. The van der Waals surface area contributed by atoms with Crippen molar-refractivity contribution in [1.29, 1.82) is 0 Å². The van der Waals surface area contributed by atoms with Crippen LogP contribution < -0.4 is 4.74 Å². The van der Waals surface area contributed by atoms with E-state index in [-0.39, 0.29) is 36.4 Å². The molecule has 2 aromatic rings. The zero-order chi connectivity index (χ0) is 21.8. The molecule has 0 spiro atoms. The summed E-state index contributed by atoms with van der Waals surface area (Å²) in [5.41, 5.74) is 1.61. The van der Waals surface area contributed by atoms with Gasteiger partial charge < -0.3 is 14.5 Å². The number of likely N-dealkylation sites (tertiary alicyclic amines) is 2. The summed E-state index contributed by atoms with van der Waals surface area (Å²) in [7, 11) is 0. The molecule has 0 saturated carbocycles. The lowest BCUT2D eigenvalue weighted by Gasteiger charge is -2.39. The van der Waals surface area contributed by atoms with E-state index < -0.39 is 0 Å². The molecule has 0 aliphatic carbocycles. The van der Waals surface area contributed by atoms with Crippen molar-refractivity contribution in [1.82, 2.24) is 20.0 Å². The van der Waals surface area contributed by atoms with Crippen molar-refractivity contribution in [2.24, 2.45) is 0 Å². The van der Waals surface area contributed by atoms with E-state index in [4.69, 9.17) is 4.74 Å². The summed E-state index contributed by atoms with van der Waals surface area (Å²) in [5.74, 6) is 0.987. The maximum Gasteiger partial charge on any atom is 0.260 e. The molecule has 2 fully saturated rings. The van der Waals surface area contributed by atoms with Crippen LogP contribution in [-0.2, 0) is 4.79 Å². The minimum Gasteiger partial charge on any atom is -0.484 e. The Hall–Kier alpha value is -2.83. The van der Waals surface area contributed by atoms with Crippen molar-refractivity contribution >= 4 is 11.8 Å². The number of rotatable bonds is 5. The van der Waals surface area contributed by atoms with Gasteiger partial charge in [0.2, 0.25) is 0 Å². The van der Waals surface area contributed by atoms with Crippen molar-refractivity contribution in [3.8, 4) is 5.75 Å². The average molecular weight is 425 g/mol. The molecule has 0 unspecified atom stereocenters. The highest BCUT2D eigenvalue weighted by atomic mass is 16.5. The molecular weight excluding hydrogens is 392 g/mol. The smallest absolute Gasteiger partial charge is 0.260 e. The van der Waals surface area contributed by atoms with Gasteiger partial charge in [0.25, 0.3) is 11.8 Å². The fourth-order valence-electron chi connectivity index (χ4n) is 4.91. The Morgan fingerprint density at radius 2 is 1.74 bits per heavy atom. The molecule has 0 bridgehead atoms. The fourth-order valence-corrected chi connectivity index (χ4v) is 4.91. The standard InChI is InChI=1S/C24H32N4O3/c1-17-7-6-8-18(2)28(17)24(30)21-15-25-26-23(21)19-11-13-27(14-12-19)22(29)16-31-20-9-4-3-5-10-20/h3-5,9-10,15,17-19H,6-8,11-14,16H2,1-2H3,(H,25,26)/t17-,18-/m0/s1. The average Bonchev–Trinajstić information content (AvgIpc) is 3.28. The Labute approximate surface area is 183 Å². The van der Waals surface area contributed by atoms with Gasteiger partial charge in [-0.25, -0.2) is 0 Å². The molecule has 2 aliphatic heterocycles. The number of piperidine rings is 2. The lowest BCUT2D eigenvalue weighted by molar-refractivity contribution is -0.134. The maximum atomic E-state index is 13.3. The van der Waals surface area contributed by atoms with Crippen LogP contribution in [0.25, 0.3) is 0 Å². The fraction of sp³-hybridized carbons (Fsp3) is 0.542. The number of aromatic nitrogens is 2. The number of nitrogens with zero attached hydrogens (tertiary/aromatic N) is 3. The first-order chi connectivity index (χ1) is 15.0. The van der Waals surface area contributed by atoms with Gasteiger partial charge in [0.05, 0.1) is 17.5 Å². The van der Waals surface area contributed by atoms with E-state index in [2.05, 4.69) is 24.0 Å². The Morgan fingerprint density at radius 1 is 1.06 bits per heavy atom. The van der Waals surface area contributed by atoms with Gasteiger partial charge >= 0.3 is 0 Å². The van der Waals surface area contributed by atoms with Crippen LogP contribution in [0, 0.1) is 0 Å². The second-order valence-corrected chi connectivity index (χ2v) is 8.80. The van der Waals surface area contributed by atoms with Gasteiger partial charge in [-0.1, -0.05) is 18.2 Å². The first kappa shape index (κ1) is 21.4. The normalized spacial score (nSPS) is 22.4. The number of carbonyl (C=O) groups excluding carboxylic acids is 2. The van der Waals surface area contributed by atoms with E-state index >= 15 is 0 Å². The van der Waals surface area contributed by atoms with Crippen molar-refractivity contribution in [2.45, 2.75) is 64.0 Å². The van der Waals surface area contributed by atoms with E-state index in [1.165, 1.54) is 6.42 Å². The van der Waals surface area contributed by atoms with Crippen LogP contribution in [0.1, 0.15) is 67.9 Å². The van der Waals surface area contributed by atoms with Gasteiger partial charge in [-0.05, 0) is 58.1 Å². The molecule has 2 atom stereocenters. The molecule has 3 heterocycles. The first-order valence-electron chi connectivity index (χ1n) is 11.4. The maximum absolute atomic E-state index is 13.3. The van der Waals surface area contributed by atoms with E-state index in [9.17, 15) is 9.59 Å². The van der Waals surface area contributed by atoms with Gasteiger partial charge in [0.1, 0.15) is 5.75 Å². The Kier molecular flexibility index (Phi) is 6.59. The summed E-state index contributed by atoms with van der Waals surface area (Å²) in [6.07, 6.45) is 6.57. The summed E-state index contributed by atoms with van der Waals surface area (Å²) in [5, 5.41) is 7.30. The van der Waals surface area contributed by atoms with Crippen molar-refractivity contribution in [3.63, 3.8) is 0 Å². The number of ether oxygens (including phenoxy) is 1. The largest absolute Gasteiger partial charge is 0.484 e. The highest BCUT2D eigenvalue weighted by Gasteiger charge is 2.34. The summed E-state index contributed by atoms with van der Waals surface area (Å²) in [4.78, 5) is 29.7. The SMILES string of the molecule is C[C@H]1CCC[C@H](C)N1C(=O)c1cn[nH]c1C1CCN(C(=O)COc2ccccc2)CC1. The third-order valence-electron chi connectivity index (χ3n) is 6.69. The molecule has 2 aliphatic rings. The lowest BCUT2D eigenvalue weighted by atomic mass is 9.90. The van der Waals surface area contributed by atoms with Crippen LogP contribution in [0.4, 0.5) is 0 Å². The predicted molar refractivity (Wildman–Crippen MR) is 118 cm³/mol. The Morgan fingerprint density at radius 3 is 2.42 bits per heavy atom. The molecule has 4 rings (SSSR count).